The fourth-order valence-electron chi connectivity index (χ4n) is 3.05. The molecule has 0 bridgehead atoms. The normalized spacial score (nSPS) is 14.6. The van der Waals surface area contributed by atoms with Crippen LogP contribution in [-0.4, -0.2) is 41.1 Å². The number of hydrogen-bond acceptors (Lipinski definition) is 7. The van der Waals surface area contributed by atoms with Gasteiger partial charge in [-0.25, -0.2) is 4.79 Å². The van der Waals surface area contributed by atoms with Crippen molar-refractivity contribution in [2.75, 3.05) is 20.2 Å². The zero-order chi connectivity index (χ0) is 19.1. The number of carbonyl (C=O) groups excluding carboxylic acids is 1. The molecule has 3 heterocycles. The molecule has 8 nitrogen and oxygen atoms in total. The van der Waals surface area contributed by atoms with Gasteiger partial charge < -0.3 is 18.6 Å². The standard InChI is InChI=1S/C19H19N3O5/c1-10(2)16-20-17(27-21-16)12-8-22(9-12)18(23)13-7-11-5-4-6-14(25-3)15(11)26-19(13)24/h4-7,10,12H,8-9H2,1-3H3. The van der Waals surface area contributed by atoms with Gasteiger partial charge in [-0.1, -0.05) is 31.1 Å². The molecule has 1 aromatic carbocycles. The highest BCUT2D eigenvalue weighted by atomic mass is 16.5. The number of hydrogen-bond donors (Lipinski definition) is 0. The Morgan fingerprint density at radius 2 is 2.11 bits per heavy atom. The lowest BCUT2D eigenvalue weighted by molar-refractivity contribution is 0.0565. The second kappa shape index (κ2) is 6.53. The van der Waals surface area contributed by atoms with E-state index < -0.39 is 5.63 Å². The van der Waals surface area contributed by atoms with Gasteiger partial charge in [-0.2, -0.15) is 4.98 Å². The fraction of sp³-hybridized carbons (Fsp3) is 0.368. The number of methoxy groups -OCH3 is 1. The zero-order valence-corrected chi connectivity index (χ0v) is 15.3. The number of fused-ring (bicyclic) bond motifs is 1. The Kier molecular flexibility index (Phi) is 4.18. The van der Waals surface area contributed by atoms with E-state index in [1.54, 1.807) is 29.2 Å². The highest BCUT2D eigenvalue weighted by Crippen LogP contribution is 2.29. The Morgan fingerprint density at radius 1 is 1.33 bits per heavy atom. The molecule has 0 saturated carbocycles. The highest BCUT2D eigenvalue weighted by molar-refractivity contribution is 5.97. The fourth-order valence-corrected chi connectivity index (χ4v) is 3.05. The van der Waals surface area contributed by atoms with Crippen LogP contribution in [0.25, 0.3) is 11.0 Å². The molecule has 0 unspecified atom stereocenters. The van der Waals surface area contributed by atoms with Crippen molar-refractivity contribution in [1.82, 2.24) is 15.0 Å². The van der Waals surface area contributed by atoms with E-state index in [0.29, 0.717) is 41.5 Å². The molecule has 0 radical (unpaired) electrons. The summed E-state index contributed by atoms with van der Waals surface area (Å²) in [4.78, 5) is 30.9. The molecule has 140 valence electrons. The molecular formula is C19H19N3O5. The van der Waals surface area contributed by atoms with Gasteiger partial charge in [0.15, 0.2) is 17.2 Å². The quantitative estimate of drug-likeness (QED) is 0.652. The lowest BCUT2D eigenvalue weighted by Gasteiger charge is -2.36. The number of likely N-dealkylation sites (tertiary alicyclic amines) is 1. The average Bonchev–Trinajstić information content (AvgIpc) is 3.09. The molecule has 27 heavy (non-hydrogen) atoms. The molecule has 1 fully saturated rings. The molecule has 1 aliphatic rings. The molecule has 3 aromatic rings. The lowest BCUT2D eigenvalue weighted by Crippen LogP contribution is -2.49. The minimum Gasteiger partial charge on any atom is -0.493 e. The van der Waals surface area contributed by atoms with Crippen molar-refractivity contribution < 1.29 is 18.5 Å². The first-order valence-electron chi connectivity index (χ1n) is 8.71. The highest BCUT2D eigenvalue weighted by Gasteiger charge is 2.37. The van der Waals surface area contributed by atoms with Gasteiger partial charge in [0, 0.05) is 24.4 Å². The molecule has 1 amide bonds. The van der Waals surface area contributed by atoms with E-state index in [9.17, 15) is 9.59 Å². The summed E-state index contributed by atoms with van der Waals surface area (Å²) in [5.74, 6) is 1.43. The van der Waals surface area contributed by atoms with Crippen molar-refractivity contribution in [1.29, 1.82) is 0 Å². The summed E-state index contributed by atoms with van der Waals surface area (Å²) >= 11 is 0. The van der Waals surface area contributed by atoms with Gasteiger partial charge >= 0.3 is 5.63 Å². The number of amides is 1. The lowest BCUT2D eigenvalue weighted by atomic mass is 9.98. The molecule has 0 N–H and O–H groups in total. The van der Waals surface area contributed by atoms with Crippen molar-refractivity contribution in [2.24, 2.45) is 0 Å². The number of ether oxygens (including phenoxy) is 1. The third-order valence-electron chi connectivity index (χ3n) is 4.67. The minimum atomic E-state index is -0.680. The summed E-state index contributed by atoms with van der Waals surface area (Å²) < 4.78 is 15.8. The maximum atomic E-state index is 12.7. The van der Waals surface area contributed by atoms with Crippen LogP contribution in [0.1, 0.15) is 47.8 Å². The number of aromatic nitrogens is 2. The average molecular weight is 369 g/mol. The summed E-state index contributed by atoms with van der Waals surface area (Å²) in [6.07, 6.45) is 0. The molecule has 0 atom stereocenters. The largest absolute Gasteiger partial charge is 0.493 e. The molecule has 0 aliphatic carbocycles. The summed E-state index contributed by atoms with van der Waals surface area (Å²) in [5.41, 5.74) is -0.349. The monoisotopic (exact) mass is 369 g/mol. The first-order valence-corrected chi connectivity index (χ1v) is 8.71. The molecular weight excluding hydrogens is 350 g/mol. The van der Waals surface area contributed by atoms with E-state index >= 15 is 0 Å². The molecule has 8 heteroatoms. The number of carbonyl (C=O) groups is 1. The van der Waals surface area contributed by atoms with Gasteiger partial charge in [-0.15, -0.1) is 0 Å². The van der Waals surface area contributed by atoms with Crippen molar-refractivity contribution in [3.8, 4) is 5.75 Å². The van der Waals surface area contributed by atoms with Crippen LogP contribution in [0.3, 0.4) is 0 Å². The third-order valence-corrected chi connectivity index (χ3v) is 4.67. The smallest absolute Gasteiger partial charge is 0.349 e. The molecule has 4 rings (SSSR count). The van der Waals surface area contributed by atoms with Crippen LogP contribution in [0.2, 0.25) is 0 Å². The van der Waals surface area contributed by atoms with Crippen LogP contribution in [0.15, 0.2) is 38.0 Å². The summed E-state index contributed by atoms with van der Waals surface area (Å²) in [7, 11) is 1.50. The van der Waals surface area contributed by atoms with Crippen molar-refractivity contribution >= 4 is 16.9 Å². The number of para-hydroxylation sites is 1. The van der Waals surface area contributed by atoms with E-state index in [0.717, 1.165) is 0 Å². The summed E-state index contributed by atoms with van der Waals surface area (Å²) in [6, 6.07) is 6.78. The second-order valence-electron chi connectivity index (χ2n) is 6.88. The van der Waals surface area contributed by atoms with Crippen LogP contribution in [-0.2, 0) is 0 Å². The van der Waals surface area contributed by atoms with Gasteiger partial charge in [0.25, 0.3) is 5.91 Å². The zero-order valence-electron chi connectivity index (χ0n) is 15.3. The molecule has 1 saturated heterocycles. The Morgan fingerprint density at radius 3 is 2.78 bits per heavy atom. The van der Waals surface area contributed by atoms with E-state index in [-0.39, 0.29) is 23.3 Å². The Balaban J connectivity index is 1.54. The minimum absolute atomic E-state index is 0.00241. The maximum Gasteiger partial charge on any atom is 0.349 e. The van der Waals surface area contributed by atoms with Crippen LogP contribution in [0.5, 0.6) is 5.75 Å². The van der Waals surface area contributed by atoms with Crippen molar-refractivity contribution in [3.63, 3.8) is 0 Å². The summed E-state index contributed by atoms with van der Waals surface area (Å²) in [5, 5.41) is 4.58. The van der Waals surface area contributed by atoms with E-state index in [4.69, 9.17) is 13.7 Å². The van der Waals surface area contributed by atoms with Gasteiger partial charge in [0.1, 0.15) is 5.56 Å². The molecule has 2 aromatic heterocycles. The molecule has 0 spiro atoms. The van der Waals surface area contributed by atoms with Gasteiger partial charge in [-0.05, 0) is 12.1 Å². The number of nitrogens with zero attached hydrogens (tertiary/aromatic N) is 3. The van der Waals surface area contributed by atoms with Crippen molar-refractivity contribution in [3.05, 3.63) is 52.0 Å². The Labute approximate surface area is 154 Å². The SMILES string of the molecule is COc1cccc2cc(C(=O)N3CC(c4nc(C(C)C)no4)C3)c(=O)oc12. The second-order valence-corrected chi connectivity index (χ2v) is 6.88. The van der Waals surface area contributed by atoms with Crippen LogP contribution >= 0.6 is 0 Å². The van der Waals surface area contributed by atoms with Crippen molar-refractivity contribution in [2.45, 2.75) is 25.7 Å². The van der Waals surface area contributed by atoms with Gasteiger partial charge in [0.05, 0.1) is 13.0 Å². The van der Waals surface area contributed by atoms with E-state index in [1.165, 1.54) is 7.11 Å². The number of rotatable bonds is 4. The van der Waals surface area contributed by atoms with E-state index in [1.807, 2.05) is 13.8 Å². The maximum absolute atomic E-state index is 12.7. The first-order chi connectivity index (χ1) is 13.0. The first kappa shape index (κ1) is 17.3. The third kappa shape index (κ3) is 2.97. The molecule has 1 aliphatic heterocycles. The van der Waals surface area contributed by atoms with Crippen LogP contribution < -0.4 is 10.4 Å². The van der Waals surface area contributed by atoms with Crippen LogP contribution in [0.4, 0.5) is 0 Å². The number of benzene rings is 1. The predicted molar refractivity (Wildman–Crippen MR) is 96.1 cm³/mol. The van der Waals surface area contributed by atoms with Crippen LogP contribution in [0, 0.1) is 0 Å². The summed E-state index contributed by atoms with van der Waals surface area (Å²) in [6.45, 7) is 4.82. The van der Waals surface area contributed by atoms with Gasteiger partial charge in [0.2, 0.25) is 5.89 Å². The Hall–Kier alpha value is -3.16. The predicted octanol–water partition coefficient (Wildman–Crippen LogP) is 2.55. The Bertz CT molecular complexity index is 1060. The van der Waals surface area contributed by atoms with E-state index in [2.05, 4.69) is 10.1 Å². The van der Waals surface area contributed by atoms with Gasteiger partial charge in [-0.3, -0.25) is 4.79 Å². The topological polar surface area (TPSA) is 98.7 Å².